The number of carbonyl (C=O) groups is 3. The van der Waals surface area contributed by atoms with E-state index < -0.39 is 23.8 Å². The van der Waals surface area contributed by atoms with Gasteiger partial charge in [-0.25, -0.2) is 4.79 Å². The lowest BCUT2D eigenvalue weighted by molar-refractivity contribution is -0.150. The molecule has 9 heteroatoms. The molecule has 3 rings (SSSR count). The summed E-state index contributed by atoms with van der Waals surface area (Å²) in [6.07, 6.45) is 1.34. The Balaban J connectivity index is 1.71. The monoisotopic (exact) mass is 411 g/mol. The van der Waals surface area contributed by atoms with Gasteiger partial charge < -0.3 is 29.3 Å². The molecule has 0 aliphatic carbocycles. The Morgan fingerprint density at radius 2 is 1.66 bits per heavy atom. The van der Waals surface area contributed by atoms with Gasteiger partial charge in [-0.1, -0.05) is 0 Å². The molecule has 3 fully saturated rings. The Bertz CT molecular complexity index is 608. The van der Waals surface area contributed by atoms with Crippen LogP contribution < -0.4 is 5.32 Å². The van der Waals surface area contributed by atoms with E-state index in [0.717, 1.165) is 12.8 Å². The summed E-state index contributed by atoms with van der Waals surface area (Å²) in [4.78, 5) is 42.0. The zero-order chi connectivity index (χ0) is 21.0. The van der Waals surface area contributed by atoms with E-state index >= 15 is 0 Å². The summed E-state index contributed by atoms with van der Waals surface area (Å²) >= 11 is 0. The number of alkyl carbamates (subject to hydrolysis) is 1. The van der Waals surface area contributed by atoms with Gasteiger partial charge in [-0.05, 0) is 46.0 Å². The standard InChI is InChI=1S/C20H33N3O6/c1-20(2,3)29-19(26)21-15-4-7-23(17(15)24)16(14-5-10-27-11-6-14)18(25)22-8-12-28-13-9-22/h14-16H,4-13H2,1-3H3,(H,21,26)/t15-,16?/m0/s1. The van der Waals surface area contributed by atoms with Gasteiger partial charge in [0.1, 0.15) is 17.7 Å². The molecule has 29 heavy (non-hydrogen) atoms. The van der Waals surface area contributed by atoms with Crippen molar-refractivity contribution in [2.45, 2.75) is 57.7 Å². The third-order valence-corrected chi connectivity index (χ3v) is 5.55. The SMILES string of the molecule is CC(C)(C)OC(=O)N[C@H]1CCN(C(C(=O)N2CCOCC2)C2CCOCC2)C1=O. The van der Waals surface area contributed by atoms with E-state index in [4.69, 9.17) is 14.2 Å². The average Bonchev–Trinajstić information content (AvgIpc) is 3.02. The molecule has 9 nitrogen and oxygen atoms in total. The van der Waals surface area contributed by atoms with Gasteiger partial charge in [-0.3, -0.25) is 9.59 Å². The summed E-state index contributed by atoms with van der Waals surface area (Å²) in [5, 5.41) is 2.67. The number of nitrogens with one attached hydrogen (secondary N) is 1. The van der Waals surface area contributed by atoms with Crippen LogP contribution in [-0.2, 0) is 23.8 Å². The summed E-state index contributed by atoms with van der Waals surface area (Å²) in [6.45, 7) is 9.08. The molecule has 3 aliphatic heterocycles. The predicted molar refractivity (Wildman–Crippen MR) is 104 cm³/mol. The minimum atomic E-state index is -0.662. The number of morpholine rings is 1. The summed E-state index contributed by atoms with van der Waals surface area (Å²) < 4.78 is 16.1. The summed E-state index contributed by atoms with van der Waals surface area (Å²) in [7, 11) is 0. The molecule has 0 bridgehead atoms. The normalized spacial score (nSPS) is 25.1. The first-order valence-corrected chi connectivity index (χ1v) is 10.5. The number of likely N-dealkylation sites (tertiary alicyclic amines) is 1. The van der Waals surface area contributed by atoms with E-state index in [-0.39, 0.29) is 17.7 Å². The minimum absolute atomic E-state index is 0.0218. The summed E-state index contributed by atoms with van der Waals surface area (Å²) in [5.74, 6) is -0.177. The molecule has 0 saturated carbocycles. The van der Waals surface area contributed by atoms with E-state index in [2.05, 4.69) is 5.32 Å². The third-order valence-electron chi connectivity index (χ3n) is 5.55. The molecule has 0 spiro atoms. The highest BCUT2D eigenvalue weighted by atomic mass is 16.6. The van der Waals surface area contributed by atoms with Gasteiger partial charge in [0.25, 0.3) is 0 Å². The highest BCUT2D eigenvalue weighted by molar-refractivity contribution is 5.93. The van der Waals surface area contributed by atoms with Crippen LogP contribution in [0, 0.1) is 5.92 Å². The number of rotatable bonds is 4. The molecule has 1 N–H and O–H groups in total. The molecular formula is C20H33N3O6. The minimum Gasteiger partial charge on any atom is -0.444 e. The molecule has 3 heterocycles. The first-order valence-electron chi connectivity index (χ1n) is 10.5. The van der Waals surface area contributed by atoms with Crippen molar-refractivity contribution < 1.29 is 28.6 Å². The number of carbonyl (C=O) groups excluding carboxylic acids is 3. The first-order chi connectivity index (χ1) is 13.8. The van der Waals surface area contributed by atoms with Crippen molar-refractivity contribution in [3.63, 3.8) is 0 Å². The molecule has 0 aromatic rings. The lowest BCUT2D eigenvalue weighted by Crippen LogP contribution is -2.57. The fourth-order valence-corrected chi connectivity index (χ4v) is 4.15. The molecule has 0 radical (unpaired) electrons. The number of hydrogen-bond donors (Lipinski definition) is 1. The van der Waals surface area contributed by atoms with Crippen LogP contribution in [0.1, 0.15) is 40.0 Å². The smallest absolute Gasteiger partial charge is 0.408 e. The highest BCUT2D eigenvalue weighted by Gasteiger charge is 2.45. The van der Waals surface area contributed by atoms with Gasteiger partial charge in [0.05, 0.1) is 13.2 Å². The second-order valence-corrected chi connectivity index (χ2v) is 8.85. The lowest BCUT2D eigenvalue weighted by Gasteiger charge is -2.39. The van der Waals surface area contributed by atoms with Crippen molar-refractivity contribution in [2.75, 3.05) is 46.1 Å². The van der Waals surface area contributed by atoms with Crippen molar-refractivity contribution in [3.05, 3.63) is 0 Å². The third kappa shape index (κ3) is 5.60. The summed E-state index contributed by atoms with van der Waals surface area (Å²) in [5.41, 5.74) is -0.637. The Morgan fingerprint density at radius 1 is 1.03 bits per heavy atom. The van der Waals surface area contributed by atoms with Gasteiger partial charge in [0, 0.05) is 32.8 Å². The van der Waals surface area contributed by atoms with Crippen LogP contribution in [-0.4, -0.2) is 91.5 Å². The van der Waals surface area contributed by atoms with Crippen LogP contribution in [0.25, 0.3) is 0 Å². The maximum atomic E-state index is 13.4. The second-order valence-electron chi connectivity index (χ2n) is 8.85. The molecule has 0 aromatic heterocycles. The summed E-state index contributed by atoms with van der Waals surface area (Å²) in [6, 6.07) is -1.18. The molecule has 3 amide bonds. The zero-order valence-corrected chi connectivity index (χ0v) is 17.6. The van der Waals surface area contributed by atoms with Crippen LogP contribution in [0.5, 0.6) is 0 Å². The zero-order valence-electron chi connectivity index (χ0n) is 17.6. The van der Waals surface area contributed by atoms with Gasteiger partial charge in [-0.2, -0.15) is 0 Å². The predicted octanol–water partition coefficient (Wildman–Crippen LogP) is 0.766. The fourth-order valence-electron chi connectivity index (χ4n) is 4.15. The molecule has 3 saturated heterocycles. The van der Waals surface area contributed by atoms with E-state index in [0.29, 0.717) is 52.5 Å². The van der Waals surface area contributed by atoms with Gasteiger partial charge in [-0.15, -0.1) is 0 Å². The van der Waals surface area contributed by atoms with E-state index in [9.17, 15) is 14.4 Å². The maximum Gasteiger partial charge on any atom is 0.408 e. The number of nitrogens with zero attached hydrogens (tertiary/aromatic N) is 2. The lowest BCUT2D eigenvalue weighted by atomic mass is 9.89. The Morgan fingerprint density at radius 3 is 2.28 bits per heavy atom. The van der Waals surface area contributed by atoms with Crippen LogP contribution in [0.15, 0.2) is 0 Å². The molecule has 164 valence electrons. The maximum absolute atomic E-state index is 13.4. The van der Waals surface area contributed by atoms with Crippen LogP contribution >= 0.6 is 0 Å². The van der Waals surface area contributed by atoms with Crippen molar-refractivity contribution in [1.82, 2.24) is 15.1 Å². The largest absolute Gasteiger partial charge is 0.444 e. The van der Waals surface area contributed by atoms with Crippen molar-refractivity contribution in [3.8, 4) is 0 Å². The van der Waals surface area contributed by atoms with Crippen LogP contribution in [0.3, 0.4) is 0 Å². The Kier molecular flexibility index (Phi) is 7.00. The number of hydrogen-bond acceptors (Lipinski definition) is 6. The van der Waals surface area contributed by atoms with Gasteiger partial charge in [0.2, 0.25) is 11.8 Å². The average molecular weight is 411 g/mol. The van der Waals surface area contributed by atoms with Gasteiger partial charge in [0.15, 0.2) is 0 Å². The Hall–Kier alpha value is -1.87. The van der Waals surface area contributed by atoms with Crippen LogP contribution in [0.4, 0.5) is 4.79 Å². The van der Waals surface area contributed by atoms with Crippen molar-refractivity contribution in [2.24, 2.45) is 5.92 Å². The molecule has 1 unspecified atom stereocenters. The number of amides is 3. The number of ether oxygens (including phenoxy) is 3. The van der Waals surface area contributed by atoms with E-state index in [1.165, 1.54) is 0 Å². The van der Waals surface area contributed by atoms with E-state index in [1.54, 1.807) is 30.6 Å². The van der Waals surface area contributed by atoms with Crippen molar-refractivity contribution >= 4 is 17.9 Å². The highest BCUT2D eigenvalue weighted by Crippen LogP contribution is 2.28. The first kappa shape index (κ1) is 21.8. The fraction of sp³-hybridized carbons (Fsp3) is 0.850. The quantitative estimate of drug-likeness (QED) is 0.734. The van der Waals surface area contributed by atoms with E-state index in [1.807, 2.05) is 0 Å². The van der Waals surface area contributed by atoms with Crippen LogP contribution in [0.2, 0.25) is 0 Å². The Labute approximate surface area is 172 Å². The van der Waals surface area contributed by atoms with Gasteiger partial charge >= 0.3 is 6.09 Å². The molecule has 2 atom stereocenters. The molecule has 0 aromatic carbocycles. The molecule has 3 aliphatic rings. The second kappa shape index (κ2) is 9.30. The molecular weight excluding hydrogens is 378 g/mol. The topological polar surface area (TPSA) is 97.4 Å². The van der Waals surface area contributed by atoms with Crippen molar-refractivity contribution in [1.29, 1.82) is 0 Å².